The van der Waals surface area contributed by atoms with Crippen LogP contribution in [0.4, 0.5) is 0 Å². The van der Waals surface area contributed by atoms with Gasteiger partial charge in [0.05, 0.1) is 25.0 Å². The normalized spacial score (nSPS) is 18.0. The van der Waals surface area contributed by atoms with Crippen LogP contribution in [0.5, 0.6) is 0 Å². The molecule has 1 amide bonds. The number of nitrogens with zero attached hydrogens (tertiary/aromatic N) is 3. The average Bonchev–Trinajstić information content (AvgIpc) is 3.01. The summed E-state index contributed by atoms with van der Waals surface area (Å²) in [5, 5.41) is 4.46. The zero-order valence-corrected chi connectivity index (χ0v) is 19.9. The lowest BCUT2D eigenvalue weighted by atomic mass is 9.99. The number of rotatable bonds is 7. The van der Waals surface area contributed by atoms with Gasteiger partial charge in [0.15, 0.2) is 0 Å². The van der Waals surface area contributed by atoms with Crippen molar-refractivity contribution in [1.29, 1.82) is 0 Å². The molecule has 3 rings (SSSR count). The number of allylic oxidation sites excluding steroid dienone is 2. The highest BCUT2D eigenvalue weighted by Crippen LogP contribution is 2.26. The van der Waals surface area contributed by atoms with Crippen LogP contribution in [0, 0.1) is 0 Å². The van der Waals surface area contributed by atoms with Gasteiger partial charge in [0.1, 0.15) is 24.8 Å². The SMILES string of the molecule is C=C/C=C\OCc1cc2n(n1)CC(C)(C)N(CCOC)C2=O.C=O.NC1CCCCCC1. The van der Waals surface area contributed by atoms with Gasteiger partial charge in [0, 0.05) is 19.7 Å². The first-order valence-corrected chi connectivity index (χ1v) is 11.2. The predicted octanol–water partition coefficient (Wildman–Crippen LogP) is 3.46. The Labute approximate surface area is 192 Å². The highest BCUT2D eigenvalue weighted by atomic mass is 16.5. The summed E-state index contributed by atoms with van der Waals surface area (Å²) in [7, 11) is 1.64. The Morgan fingerprint density at radius 3 is 2.50 bits per heavy atom. The molecule has 8 heteroatoms. The summed E-state index contributed by atoms with van der Waals surface area (Å²) in [6.07, 6.45) is 13.0. The fourth-order valence-corrected chi connectivity index (χ4v) is 3.84. The Hall–Kier alpha value is -2.45. The van der Waals surface area contributed by atoms with Gasteiger partial charge in [-0.05, 0) is 38.8 Å². The molecule has 0 atom stereocenters. The summed E-state index contributed by atoms with van der Waals surface area (Å²) >= 11 is 0. The maximum atomic E-state index is 12.7. The zero-order valence-electron chi connectivity index (χ0n) is 19.9. The van der Waals surface area contributed by atoms with Crippen LogP contribution in [0.15, 0.2) is 31.1 Å². The number of nitrogens with two attached hydrogens (primary N) is 1. The third-order valence-electron chi connectivity index (χ3n) is 5.52. The molecule has 8 nitrogen and oxygen atoms in total. The van der Waals surface area contributed by atoms with Crippen LogP contribution >= 0.6 is 0 Å². The van der Waals surface area contributed by atoms with E-state index in [4.69, 9.17) is 20.0 Å². The molecule has 0 radical (unpaired) electrons. The molecule has 0 unspecified atom stereocenters. The molecular weight excluding hydrogens is 408 g/mol. The van der Waals surface area contributed by atoms with E-state index in [1.807, 2.05) is 25.5 Å². The maximum absolute atomic E-state index is 12.7. The molecule has 1 saturated carbocycles. The summed E-state index contributed by atoms with van der Waals surface area (Å²) < 4.78 is 12.2. The van der Waals surface area contributed by atoms with Gasteiger partial charge in [0.25, 0.3) is 5.91 Å². The van der Waals surface area contributed by atoms with Crippen LogP contribution in [0.3, 0.4) is 0 Å². The number of ether oxygens (including phenoxy) is 2. The van der Waals surface area contributed by atoms with Crippen LogP contribution < -0.4 is 5.73 Å². The van der Waals surface area contributed by atoms with Crippen LogP contribution in [-0.2, 0) is 27.4 Å². The number of hydrogen-bond donors (Lipinski definition) is 1. The van der Waals surface area contributed by atoms with Crippen LogP contribution in [0.2, 0.25) is 0 Å². The lowest BCUT2D eigenvalue weighted by Crippen LogP contribution is -2.55. The Bertz CT molecular complexity index is 722. The second-order valence-corrected chi connectivity index (χ2v) is 8.57. The second-order valence-electron chi connectivity index (χ2n) is 8.57. The molecule has 180 valence electrons. The number of hydrogen-bond acceptors (Lipinski definition) is 6. The molecule has 0 spiro atoms. The Balaban J connectivity index is 0.000000427. The van der Waals surface area contributed by atoms with Gasteiger partial charge in [-0.15, -0.1) is 0 Å². The number of aromatic nitrogens is 2. The van der Waals surface area contributed by atoms with Gasteiger partial charge in [-0.25, -0.2) is 0 Å². The number of amides is 1. The molecule has 1 aliphatic heterocycles. The topological polar surface area (TPSA) is 99.7 Å². The first-order valence-electron chi connectivity index (χ1n) is 11.2. The molecule has 1 aromatic heterocycles. The third kappa shape index (κ3) is 8.59. The van der Waals surface area contributed by atoms with Gasteiger partial charge in [-0.2, -0.15) is 5.10 Å². The molecule has 2 aliphatic rings. The quantitative estimate of drug-likeness (QED) is 0.390. The minimum Gasteiger partial charge on any atom is -0.495 e. The molecule has 1 aromatic rings. The van der Waals surface area contributed by atoms with E-state index < -0.39 is 0 Å². The molecule has 2 N–H and O–H groups in total. The van der Waals surface area contributed by atoms with Gasteiger partial charge < -0.3 is 24.9 Å². The first-order chi connectivity index (χ1) is 15.4. The van der Waals surface area contributed by atoms with E-state index in [1.54, 1.807) is 36.3 Å². The van der Waals surface area contributed by atoms with Crippen molar-refractivity contribution in [2.75, 3.05) is 20.3 Å². The number of carbonyl (C=O) groups excluding carboxylic acids is 2. The molecule has 1 aliphatic carbocycles. The monoisotopic (exact) mass is 448 g/mol. The Kier molecular flexibility index (Phi) is 12.6. The largest absolute Gasteiger partial charge is 0.495 e. The van der Waals surface area contributed by atoms with Gasteiger partial charge in [0.2, 0.25) is 0 Å². The van der Waals surface area contributed by atoms with E-state index in [0.717, 1.165) is 5.69 Å². The second kappa shape index (κ2) is 14.6. The molecule has 0 bridgehead atoms. The Morgan fingerprint density at radius 1 is 1.25 bits per heavy atom. The van der Waals surface area contributed by atoms with Crippen molar-refractivity contribution in [2.24, 2.45) is 5.73 Å². The molecule has 2 heterocycles. The van der Waals surface area contributed by atoms with Gasteiger partial charge in [-0.3, -0.25) is 9.48 Å². The van der Waals surface area contributed by atoms with Crippen LogP contribution in [0.1, 0.15) is 68.6 Å². The average molecular weight is 449 g/mol. The van der Waals surface area contributed by atoms with E-state index in [9.17, 15) is 4.79 Å². The van der Waals surface area contributed by atoms with Crippen molar-refractivity contribution < 1.29 is 19.1 Å². The van der Waals surface area contributed by atoms with Crippen LogP contribution in [-0.4, -0.2) is 59.2 Å². The molecule has 0 saturated heterocycles. The minimum absolute atomic E-state index is 0.0197. The maximum Gasteiger partial charge on any atom is 0.272 e. The lowest BCUT2D eigenvalue weighted by molar-refractivity contribution is -0.0980. The smallest absolute Gasteiger partial charge is 0.272 e. The third-order valence-corrected chi connectivity index (χ3v) is 5.52. The predicted molar refractivity (Wildman–Crippen MR) is 126 cm³/mol. The van der Waals surface area contributed by atoms with Crippen molar-refractivity contribution in [2.45, 2.75) is 77.1 Å². The fraction of sp³-hybridized carbons (Fsp3) is 0.625. The van der Waals surface area contributed by atoms with Crippen molar-refractivity contribution in [1.82, 2.24) is 14.7 Å². The van der Waals surface area contributed by atoms with Crippen molar-refractivity contribution in [3.63, 3.8) is 0 Å². The Morgan fingerprint density at radius 2 is 1.91 bits per heavy atom. The lowest BCUT2D eigenvalue weighted by Gasteiger charge is -2.42. The summed E-state index contributed by atoms with van der Waals surface area (Å²) in [6.45, 7) is 11.7. The van der Waals surface area contributed by atoms with E-state index in [-0.39, 0.29) is 11.4 Å². The zero-order chi connectivity index (χ0) is 24.0. The molecule has 32 heavy (non-hydrogen) atoms. The number of fused-ring (bicyclic) bond motifs is 1. The minimum atomic E-state index is -0.296. The van der Waals surface area contributed by atoms with Crippen molar-refractivity contribution >= 4 is 12.7 Å². The van der Waals surface area contributed by atoms with E-state index in [0.29, 0.717) is 38.0 Å². The van der Waals surface area contributed by atoms with Gasteiger partial charge >= 0.3 is 0 Å². The fourth-order valence-electron chi connectivity index (χ4n) is 3.84. The number of methoxy groups -OCH3 is 1. The van der Waals surface area contributed by atoms with Crippen LogP contribution in [0.25, 0.3) is 0 Å². The summed E-state index contributed by atoms with van der Waals surface area (Å²) in [5.41, 5.74) is 6.77. The van der Waals surface area contributed by atoms with Crippen molar-refractivity contribution in [3.8, 4) is 0 Å². The van der Waals surface area contributed by atoms with Gasteiger partial charge in [-0.1, -0.05) is 38.3 Å². The standard InChI is InChI=1S/C16H23N3O3.C7H15N.CH2O/c1-5-6-8-22-11-13-10-14-15(20)18(7-9-21-4)16(2,3)12-19(14)17-13;8-7-5-3-1-2-4-6-7;1-2/h5-6,8,10H,1,7,9,11-12H2,2-4H3;7H,1-6,8H2;1H2/b8-6-;;. The molecule has 1 fully saturated rings. The highest BCUT2D eigenvalue weighted by Gasteiger charge is 2.38. The molecule has 0 aromatic carbocycles. The van der Waals surface area contributed by atoms with E-state index in [2.05, 4.69) is 11.7 Å². The highest BCUT2D eigenvalue weighted by molar-refractivity contribution is 5.94. The van der Waals surface area contributed by atoms with E-state index in [1.165, 1.54) is 38.5 Å². The van der Waals surface area contributed by atoms with E-state index >= 15 is 0 Å². The summed E-state index contributed by atoms with van der Waals surface area (Å²) in [6, 6.07) is 2.32. The summed E-state index contributed by atoms with van der Waals surface area (Å²) in [5.74, 6) is -0.0197. The number of carbonyl (C=O) groups is 2. The first kappa shape index (κ1) is 27.6. The molecular formula is C24H40N4O4. The van der Waals surface area contributed by atoms with Crippen molar-refractivity contribution in [3.05, 3.63) is 42.4 Å². The summed E-state index contributed by atoms with van der Waals surface area (Å²) in [4.78, 5) is 22.5.